The van der Waals surface area contributed by atoms with E-state index in [1.807, 2.05) is 0 Å². The van der Waals surface area contributed by atoms with Crippen LogP contribution in [0.2, 0.25) is 0 Å². The van der Waals surface area contributed by atoms with Gasteiger partial charge in [0.2, 0.25) is 9.74 Å². The van der Waals surface area contributed by atoms with Gasteiger partial charge in [0.05, 0.1) is 7.11 Å². The number of nitrogens with two attached hydrogens (primary N) is 1. The highest BCUT2D eigenvalue weighted by atomic mass is 35.6. The van der Waals surface area contributed by atoms with E-state index in [1.165, 1.54) is 7.11 Å². The lowest BCUT2D eigenvalue weighted by atomic mass is 10.8. The van der Waals surface area contributed by atoms with Crippen LogP contribution < -0.4 is 15.2 Å². The van der Waals surface area contributed by atoms with Gasteiger partial charge in [-0.05, 0) is 0 Å². The van der Waals surface area contributed by atoms with Gasteiger partial charge in [0.15, 0.2) is 0 Å². The third kappa shape index (κ3) is 4.55. The maximum atomic E-state index is 5.47. The van der Waals surface area contributed by atoms with E-state index in [0.29, 0.717) is 0 Å². The molecule has 0 aliphatic rings. The van der Waals surface area contributed by atoms with Crippen LogP contribution in [0.15, 0.2) is 0 Å². The van der Waals surface area contributed by atoms with Crippen molar-refractivity contribution in [1.29, 1.82) is 0 Å². The first kappa shape index (κ1) is 12.4. The van der Waals surface area contributed by atoms with E-state index >= 15 is 0 Å². The van der Waals surface area contributed by atoms with Crippen molar-refractivity contribution in [3.63, 3.8) is 0 Å². The molecule has 1 aromatic heterocycles. The SMILES string of the molecule is COc1nc(N)nc(OCC(Cl)(Cl)Cl)n1. The van der Waals surface area contributed by atoms with E-state index in [-0.39, 0.29) is 24.6 Å². The third-order valence-corrected chi connectivity index (χ3v) is 1.49. The summed E-state index contributed by atoms with van der Waals surface area (Å²) in [5, 5.41) is 0. The number of alkyl halides is 3. The second-order valence-electron chi connectivity index (χ2n) is 2.37. The number of rotatable bonds is 3. The summed E-state index contributed by atoms with van der Waals surface area (Å²) in [6, 6.07) is -0.0347. The zero-order valence-electron chi connectivity index (χ0n) is 7.58. The lowest BCUT2D eigenvalue weighted by Crippen LogP contribution is -2.17. The van der Waals surface area contributed by atoms with Gasteiger partial charge in [0.25, 0.3) is 0 Å². The van der Waals surface area contributed by atoms with E-state index in [0.717, 1.165) is 0 Å². The summed E-state index contributed by atoms with van der Waals surface area (Å²) in [6.45, 7) is -0.204. The smallest absolute Gasteiger partial charge is 0.324 e. The Labute approximate surface area is 101 Å². The topological polar surface area (TPSA) is 83.2 Å². The van der Waals surface area contributed by atoms with Gasteiger partial charge < -0.3 is 15.2 Å². The minimum Gasteiger partial charge on any atom is -0.467 e. The maximum absolute atomic E-state index is 5.47. The van der Waals surface area contributed by atoms with Crippen LogP contribution in [0.5, 0.6) is 12.0 Å². The first-order valence-corrected chi connectivity index (χ1v) is 4.79. The van der Waals surface area contributed by atoms with Gasteiger partial charge in [-0.2, -0.15) is 9.97 Å². The number of ether oxygens (including phenoxy) is 2. The Balaban J connectivity index is 2.73. The van der Waals surface area contributed by atoms with Crippen LogP contribution in [-0.4, -0.2) is 32.5 Å². The highest BCUT2D eigenvalue weighted by Gasteiger charge is 2.21. The number of hydrogen-bond donors (Lipinski definition) is 1. The predicted octanol–water partition coefficient (Wildman–Crippen LogP) is 1.21. The average Bonchev–Trinajstić information content (AvgIpc) is 2.13. The van der Waals surface area contributed by atoms with Crippen LogP contribution in [0.1, 0.15) is 0 Å². The fourth-order valence-corrected chi connectivity index (χ4v) is 0.819. The van der Waals surface area contributed by atoms with Crippen molar-refractivity contribution in [3.8, 4) is 12.0 Å². The molecule has 0 saturated carbocycles. The molecule has 1 rings (SSSR count). The van der Waals surface area contributed by atoms with Gasteiger partial charge in [-0.25, -0.2) is 0 Å². The fourth-order valence-electron chi connectivity index (χ4n) is 0.655. The van der Waals surface area contributed by atoms with Gasteiger partial charge >= 0.3 is 12.0 Å². The van der Waals surface area contributed by atoms with Gasteiger partial charge in [0.1, 0.15) is 6.61 Å². The van der Waals surface area contributed by atoms with Crippen LogP contribution >= 0.6 is 34.8 Å². The van der Waals surface area contributed by atoms with Crippen molar-refractivity contribution in [3.05, 3.63) is 0 Å². The van der Waals surface area contributed by atoms with E-state index in [2.05, 4.69) is 15.0 Å². The lowest BCUT2D eigenvalue weighted by molar-refractivity contribution is 0.287. The molecule has 0 saturated heterocycles. The molecule has 0 radical (unpaired) electrons. The van der Waals surface area contributed by atoms with Crippen molar-refractivity contribution < 1.29 is 9.47 Å². The monoisotopic (exact) mass is 272 g/mol. The van der Waals surface area contributed by atoms with Crippen molar-refractivity contribution in [2.24, 2.45) is 0 Å². The van der Waals surface area contributed by atoms with Crippen LogP contribution in [0, 0.1) is 0 Å². The fraction of sp³-hybridized carbons (Fsp3) is 0.500. The normalized spacial score (nSPS) is 11.2. The van der Waals surface area contributed by atoms with E-state index in [1.54, 1.807) is 0 Å². The van der Waals surface area contributed by atoms with Crippen molar-refractivity contribution in [1.82, 2.24) is 15.0 Å². The Hall–Kier alpha value is -0.720. The molecule has 0 aliphatic carbocycles. The minimum atomic E-state index is -1.55. The molecular formula is C6H7Cl3N4O2. The summed E-state index contributed by atoms with van der Waals surface area (Å²) >= 11 is 16.4. The summed E-state index contributed by atoms with van der Waals surface area (Å²) < 4.78 is 8.18. The highest BCUT2D eigenvalue weighted by Crippen LogP contribution is 2.26. The summed E-state index contributed by atoms with van der Waals surface area (Å²) in [4.78, 5) is 11.0. The number of methoxy groups -OCH3 is 1. The first-order chi connectivity index (χ1) is 6.90. The third-order valence-electron chi connectivity index (χ3n) is 1.16. The molecule has 1 heterocycles. The molecule has 1 aromatic rings. The van der Waals surface area contributed by atoms with Crippen LogP contribution in [0.25, 0.3) is 0 Å². The number of nitrogen functional groups attached to an aromatic ring is 1. The summed E-state index contributed by atoms with van der Waals surface area (Å²) in [6.07, 6.45) is 0. The number of hydrogen-bond acceptors (Lipinski definition) is 6. The molecule has 9 heteroatoms. The molecule has 84 valence electrons. The molecule has 0 spiro atoms. The summed E-state index contributed by atoms with van der Waals surface area (Å²) in [5.41, 5.74) is 5.35. The predicted molar refractivity (Wildman–Crippen MR) is 56.6 cm³/mol. The van der Waals surface area contributed by atoms with E-state index in [4.69, 9.17) is 50.0 Å². The maximum Gasteiger partial charge on any atom is 0.324 e. The molecule has 2 N–H and O–H groups in total. The van der Waals surface area contributed by atoms with Crippen LogP contribution in [-0.2, 0) is 0 Å². The second kappa shape index (κ2) is 4.87. The Morgan fingerprint density at radius 3 is 2.33 bits per heavy atom. The second-order valence-corrected chi connectivity index (χ2v) is 4.88. The quantitative estimate of drug-likeness (QED) is 0.834. The number of anilines is 1. The molecule has 0 atom stereocenters. The Morgan fingerprint density at radius 1 is 1.20 bits per heavy atom. The van der Waals surface area contributed by atoms with Gasteiger partial charge in [-0.1, -0.05) is 34.8 Å². The molecule has 6 nitrogen and oxygen atoms in total. The number of halogens is 3. The van der Waals surface area contributed by atoms with Crippen molar-refractivity contribution in [2.45, 2.75) is 3.79 Å². The molecule has 0 fully saturated rings. The zero-order chi connectivity index (χ0) is 11.5. The minimum absolute atomic E-state index is 0.0295. The average molecular weight is 274 g/mol. The molecule has 0 amide bonds. The standard InChI is InChI=1S/C6H7Cl3N4O2/c1-14-4-11-3(10)12-5(13-4)15-2-6(7,8)9/h2H2,1H3,(H2,10,11,12,13). The lowest BCUT2D eigenvalue weighted by Gasteiger charge is -2.11. The molecule has 0 aromatic carbocycles. The van der Waals surface area contributed by atoms with E-state index < -0.39 is 3.79 Å². The summed E-state index contributed by atoms with van der Waals surface area (Å²) in [7, 11) is 1.38. The molecular weight excluding hydrogens is 266 g/mol. The van der Waals surface area contributed by atoms with Gasteiger partial charge in [-0.15, -0.1) is 4.98 Å². The largest absolute Gasteiger partial charge is 0.467 e. The molecule has 0 unspecified atom stereocenters. The number of nitrogens with zero attached hydrogens (tertiary/aromatic N) is 3. The zero-order valence-corrected chi connectivity index (χ0v) is 9.84. The highest BCUT2D eigenvalue weighted by molar-refractivity contribution is 6.67. The van der Waals surface area contributed by atoms with Gasteiger partial charge in [0, 0.05) is 0 Å². The molecule has 0 aliphatic heterocycles. The number of aromatic nitrogens is 3. The van der Waals surface area contributed by atoms with Crippen LogP contribution in [0.4, 0.5) is 5.95 Å². The Morgan fingerprint density at radius 2 is 1.80 bits per heavy atom. The van der Waals surface area contributed by atoms with Gasteiger partial charge in [-0.3, -0.25) is 0 Å². The first-order valence-electron chi connectivity index (χ1n) is 3.66. The molecule has 15 heavy (non-hydrogen) atoms. The Kier molecular flexibility index (Phi) is 4.01. The Bertz CT molecular complexity index is 344. The summed E-state index contributed by atoms with van der Waals surface area (Å²) in [5.74, 6) is -0.0406. The van der Waals surface area contributed by atoms with Crippen LogP contribution in [0.3, 0.4) is 0 Å². The van der Waals surface area contributed by atoms with E-state index in [9.17, 15) is 0 Å². The molecule has 0 bridgehead atoms. The van der Waals surface area contributed by atoms with Crippen molar-refractivity contribution in [2.75, 3.05) is 19.5 Å². The van der Waals surface area contributed by atoms with Crippen molar-refractivity contribution >= 4 is 40.8 Å².